The van der Waals surface area contributed by atoms with E-state index in [1.807, 2.05) is 6.07 Å². The first-order valence-electron chi connectivity index (χ1n) is 8.44. The van der Waals surface area contributed by atoms with E-state index in [0.29, 0.717) is 16.5 Å². The lowest BCUT2D eigenvalue weighted by Gasteiger charge is -2.25. The first kappa shape index (κ1) is 16.9. The van der Waals surface area contributed by atoms with Gasteiger partial charge >= 0.3 is 0 Å². The smallest absolute Gasteiger partial charge is 0.101 e. The molecular weight excluding hydrogens is 290 g/mol. The summed E-state index contributed by atoms with van der Waals surface area (Å²) in [6.07, 6.45) is 10.6. The highest BCUT2D eigenvalue weighted by molar-refractivity contribution is 6.31. The molecular formula is C20H24ClN. The Morgan fingerprint density at radius 3 is 2.59 bits per heavy atom. The second-order valence-corrected chi connectivity index (χ2v) is 6.70. The van der Waals surface area contributed by atoms with Gasteiger partial charge in [0.2, 0.25) is 0 Å². The fourth-order valence-electron chi connectivity index (χ4n) is 3.15. The molecule has 0 amide bonds. The molecule has 2 heteroatoms. The molecule has 0 heterocycles. The number of benzene rings is 1. The van der Waals surface area contributed by atoms with Gasteiger partial charge in [0.05, 0.1) is 10.6 Å². The van der Waals surface area contributed by atoms with Crippen molar-refractivity contribution in [1.29, 1.82) is 5.26 Å². The van der Waals surface area contributed by atoms with E-state index >= 15 is 0 Å². The zero-order valence-electron chi connectivity index (χ0n) is 13.4. The van der Waals surface area contributed by atoms with Crippen LogP contribution in [0.2, 0.25) is 5.02 Å². The van der Waals surface area contributed by atoms with E-state index in [0.717, 1.165) is 11.5 Å². The number of nitriles is 1. The molecule has 1 aromatic carbocycles. The van der Waals surface area contributed by atoms with Crippen LogP contribution in [0.1, 0.15) is 69.4 Å². The van der Waals surface area contributed by atoms with Crippen LogP contribution < -0.4 is 0 Å². The average molecular weight is 314 g/mol. The lowest BCUT2D eigenvalue weighted by Crippen LogP contribution is -2.13. The summed E-state index contributed by atoms with van der Waals surface area (Å²) in [7, 11) is 0. The van der Waals surface area contributed by atoms with Gasteiger partial charge in [-0.15, -0.1) is 0 Å². The third-order valence-electron chi connectivity index (χ3n) is 4.57. The molecule has 1 aliphatic carbocycles. The average Bonchev–Trinajstić information content (AvgIpc) is 2.54. The number of unbranched alkanes of at least 4 members (excludes halogenated alkanes) is 2. The Balaban J connectivity index is 1.84. The van der Waals surface area contributed by atoms with Crippen molar-refractivity contribution < 1.29 is 0 Å². The molecule has 1 saturated carbocycles. The molecule has 22 heavy (non-hydrogen) atoms. The van der Waals surface area contributed by atoms with Crippen molar-refractivity contribution in [2.45, 2.75) is 58.3 Å². The molecule has 0 aliphatic heterocycles. The Morgan fingerprint density at radius 2 is 1.95 bits per heavy atom. The molecule has 0 N–H and O–H groups in total. The van der Waals surface area contributed by atoms with Gasteiger partial charge in [-0.05, 0) is 49.8 Å². The lowest BCUT2D eigenvalue weighted by molar-refractivity contribution is 0.294. The molecule has 116 valence electrons. The molecule has 0 aromatic heterocycles. The van der Waals surface area contributed by atoms with E-state index in [2.05, 4.69) is 24.8 Å². The minimum atomic E-state index is 0.494. The maximum absolute atomic E-state index is 8.87. The van der Waals surface area contributed by atoms with Crippen LogP contribution in [-0.2, 0) is 0 Å². The number of halogens is 1. The van der Waals surface area contributed by atoms with Crippen LogP contribution in [0.5, 0.6) is 0 Å². The zero-order chi connectivity index (χ0) is 15.8. The summed E-state index contributed by atoms with van der Waals surface area (Å²) in [4.78, 5) is 0. The summed E-state index contributed by atoms with van der Waals surface area (Å²) in [6.45, 7) is 2.27. The minimum Gasteiger partial charge on any atom is -0.192 e. The zero-order valence-corrected chi connectivity index (χ0v) is 14.1. The predicted octanol–water partition coefficient (Wildman–Crippen LogP) is 5.95. The van der Waals surface area contributed by atoms with E-state index < -0.39 is 0 Å². The number of nitrogens with zero attached hydrogens (tertiary/aromatic N) is 1. The topological polar surface area (TPSA) is 23.8 Å². The van der Waals surface area contributed by atoms with Gasteiger partial charge in [0.25, 0.3) is 0 Å². The first-order chi connectivity index (χ1) is 10.7. The van der Waals surface area contributed by atoms with Gasteiger partial charge in [0, 0.05) is 11.5 Å². The molecule has 0 radical (unpaired) electrons. The van der Waals surface area contributed by atoms with E-state index in [9.17, 15) is 0 Å². The monoisotopic (exact) mass is 313 g/mol. The highest BCUT2D eigenvalue weighted by atomic mass is 35.5. The van der Waals surface area contributed by atoms with Crippen LogP contribution in [0, 0.1) is 35.0 Å². The van der Waals surface area contributed by atoms with Crippen molar-refractivity contribution in [3.8, 4) is 17.9 Å². The molecule has 0 unspecified atom stereocenters. The first-order valence-corrected chi connectivity index (χ1v) is 8.82. The van der Waals surface area contributed by atoms with E-state index in [-0.39, 0.29) is 0 Å². The van der Waals surface area contributed by atoms with Crippen molar-refractivity contribution >= 4 is 11.6 Å². The van der Waals surface area contributed by atoms with E-state index in [1.54, 1.807) is 12.1 Å². The normalized spacial score (nSPS) is 20.8. The SMILES string of the molecule is CCCCCC1CCC(C#Cc2ccc(C#N)c(Cl)c2)CC1. The molecule has 0 saturated heterocycles. The highest BCUT2D eigenvalue weighted by Gasteiger charge is 2.19. The maximum atomic E-state index is 8.87. The predicted molar refractivity (Wildman–Crippen MR) is 92.6 cm³/mol. The molecule has 2 rings (SSSR count). The molecule has 1 fully saturated rings. The Bertz CT molecular complexity index is 580. The van der Waals surface area contributed by atoms with Gasteiger partial charge < -0.3 is 0 Å². The second kappa shape index (κ2) is 8.87. The molecule has 0 atom stereocenters. The van der Waals surface area contributed by atoms with Crippen molar-refractivity contribution in [2.75, 3.05) is 0 Å². The largest absolute Gasteiger partial charge is 0.192 e. The molecule has 0 bridgehead atoms. The Morgan fingerprint density at radius 1 is 1.18 bits per heavy atom. The summed E-state index contributed by atoms with van der Waals surface area (Å²) < 4.78 is 0. The Labute approximate surface area is 139 Å². The van der Waals surface area contributed by atoms with Crippen molar-refractivity contribution in [1.82, 2.24) is 0 Å². The van der Waals surface area contributed by atoms with Crippen LogP contribution in [0.25, 0.3) is 0 Å². The lowest BCUT2D eigenvalue weighted by atomic mass is 9.80. The molecule has 1 aromatic rings. The number of hydrogen-bond donors (Lipinski definition) is 0. The minimum absolute atomic E-state index is 0.494. The summed E-state index contributed by atoms with van der Waals surface area (Å²) in [5, 5.41) is 9.37. The van der Waals surface area contributed by atoms with Crippen molar-refractivity contribution in [2.24, 2.45) is 11.8 Å². The molecule has 1 aliphatic rings. The second-order valence-electron chi connectivity index (χ2n) is 6.29. The van der Waals surface area contributed by atoms with Crippen LogP contribution in [0.15, 0.2) is 18.2 Å². The molecule has 1 nitrogen and oxygen atoms in total. The van der Waals surface area contributed by atoms with Gasteiger partial charge in [-0.3, -0.25) is 0 Å². The van der Waals surface area contributed by atoms with Crippen LogP contribution in [-0.4, -0.2) is 0 Å². The maximum Gasteiger partial charge on any atom is 0.101 e. The van der Waals surface area contributed by atoms with Gasteiger partial charge in [-0.1, -0.05) is 56.0 Å². The Hall–Kier alpha value is -1.44. The van der Waals surface area contributed by atoms with E-state index in [4.69, 9.17) is 16.9 Å². The van der Waals surface area contributed by atoms with Crippen LogP contribution >= 0.6 is 11.6 Å². The Kier molecular flexibility index (Phi) is 6.82. The van der Waals surface area contributed by atoms with Crippen molar-refractivity contribution in [3.63, 3.8) is 0 Å². The van der Waals surface area contributed by atoms with Crippen LogP contribution in [0.3, 0.4) is 0 Å². The number of rotatable bonds is 4. The molecule has 0 spiro atoms. The van der Waals surface area contributed by atoms with Crippen LogP contribution in [0.4, 0.5) is 0 Å². The number of hydrogen-bond acceptors (Lipinski definition) is 1. The van der Waals surface area contributed by atoms with Gasteiger partial charge in [0.15, 0.2) is 0 Å². The van der Waals surface area contributed by atoms with Crippen molar-refractivity contribution in [3.05, 3.63) is 34.3 Å². The quantitative estimate of drug-likeness (QED) is 0.497. The van der Waals surface area contributed by atoms with E-state index in [1.165, 1.54) is 51.4 Å². The summed E-state index contributed by atoms with van der Waals surface area (Å²) >= 11 is 6.04. The van der Waals surface area contributed by atoms with Gasteiger partial charge in [-0.2, -0.15) is 5.26 Å². The third kappa shape index (κ3) is 5.08. The fourth-order valence-corrected chi connectivity index (χ4v) is 3.37. The fraction of sp³-hybridized carbons (Fsp3) is 0.550. The summed E-state index contributed by atoms with van der Waals surface area (Å²) in [5.41, 5.74) is 1.42. The summed E-state index contributed by atoms with van der Waals surface area (Å²) in [5.74, 6) is 8.08. The third-order valence-corrected chi connectivity index (χ3v) is 4.89. The van der Waals surface area contributed by atoms with Gasteiger partial charge in [0.1, 0.15) is 6.07 Å². The highest BCUT2D eigenvalue weighted by Crippen LogP contribution is 2.31. The van der Waals surface area contributed by atoms with Gasteiger partial charge in [-0.25, -0.2) is 0 Å². The standard InChI is InChI=1S/C20H24ClN/c1-2-3-4-5-16-6-8-17(9-7-16)10-11-18-12-13-19(15-22)20(21)14-18/h12-14,16-17H,2-9H2,1H3. The summed E-state index contributed by atoms with van der Waals surface area (Å²) in [6, 6.07) is 7.50.